The molecule has 0 heterocycles. The van der Waals surface area contributed by atoms with Crippen LogP contribution in [0.15, 0.2) is 48.5 Å². The maximum Gasteiger partial charge on any atom is 0.251 e. The highest BCUT2D eigenvalue weighted by atomic mass is 19.1. The minimum Gasteiger partial charge on any atom is -0.489 e. The summed E-state index contributed by atoms with van der Waals surface area (Å²) >= 11 is 0. The van der Waals surface area contributed by atoms with Gasteiger partial charge in [-0.05, 0) is 48.7 Å². The number of amides is 1. The fourth-order valence-corrected chi connectivity index (χ4v) is 1.93. The second-order valence-electron chi connectivity index (χ2n) is 5.95. The van der Waals surface area contributed by atoms with Crippen molar-refractivity contribution in [3.05, 3.63) is 65.5 Å². The molecule has 23 heavy (non-hydrogen) atoms. The molecule has 2 aromatic carbocycles. The Bertz CT molecular complexity index is 653. The molecule has 0 saturated carbocycles. The molecule has 0 radical (unpaired) electrons. The molecule has 0 unspecified atom stereocenters. The van der Waals surface area contributed by atoms with Crippen molar-refractivity contribution in [3.63, 3.8) is 0 Å². The van der Waals surface area contributed by atoms with E-state index in [2.05, 4.69) is 19.2 Å². The van der Waals surface area contributed by atoms with Crippen LogP contribution in [0.25, 0.3) is 0 Å². The van der Waals surface area contributed by atoms with Gasteiger partial charge in [-0.1, -0.05) is 32.0 Å². The predicted octanol–water partition coefficient (Wildman–Crippen LogP) is 4.18. The zero-order chi connectivity index (χ0) is 16.8. The molecule has 1 N–H and O–H groups in total. The molecular weight excluding hydrogens is 293 g/mol. The number of rotatable bonds is 6. The first-order chi connectivity index (χ1) is 11.0. The summed E-state index contributed by atoms with van der Waals surface area (Å²) in [6.07, 6.45) is 0. The molecule has 4 heteroatoms. The van der Waals surface area contributed by atoms with Crippen molar-refractivity contribution < 1.29 is 13.9 Å². The highest BCUT2D eigenvalue weighted by Crippen LogP contribution is 2.16. The second kappa shape index (κ2) is 7.77. The lowest BCUT2D eigenvalue weighted by Crippen LogP contribution is -2.36. The van der Waals surface area contributed by atoms with Gasteiger partial charge in [0.15, 0.2) is 0 Å². The summed E-state index contributed by atoms with van der Waals surface area (Å²) in [4.78, 5) is 12.2. The molecule has 1 atom stereocenters. The van der Waals surface area contributed by atoms with E-state index >= 15 is 0 Å². The summed E-state index contributed by atoms with van der Waals surface area (Å²) in [7, 11) is 0. The van der Waals surface area contributed by atoms with Gasteiger partial charge in [-0.25, -0.2) is 4.39 Å². The molecule has 0 aliphatic rings. The average molecular weight is 315 g/mol. The largest absolute Gasteiger partial charge is 0.489 e. The van der Waals surface area contributed by atoms with Gasteiger partial charge in [0.25, 0.3) is 5.91 Å². The number of ether oxygens (including phenoxy) is 1. The summed E-state index contributed by atoms with van der Waals surface area (Å²) in [6, 6.07) is 13.3. The van der Waals surface area contributed by atoms with Crippen molar-refractivity contribution in [1.29, 1.82) is 0 Å². The molecule has 1 amide bonds. The van der Waals surface area contributed by atoms with Crippen molar-refractivity contribution in [2.75, 3.05) is 0 Å². The van der Waals surface area contributed by atoms with E-state index in [4.69, 9.17) is 4.74 Å². The molecule has 0 saturated heterocycles. The first-order valence-electron chi connectivity index (χ1n) is 7.74. The molecule has 0 aliphatic carbocycles. The van der Waals surface area contributed by atoms with E-state index in [-0.39, 0.29) is 17.8 Å². The van der Waals surface area contributed by atoms with Crippen LogP contribution in [0.5, 0.6) is 5.75 Å². The van der Waals surface area contributed by atoms with Gasteiger partial charge in [0, 0.05) is 11.6 Å². The van der Waals surface area contributed by atoms with Gasteiger partial charge in [-0.2, -0.15) is 0 Å². The molecule has 3 nitrogen and oxygen atoms in total. The lowest BCUT2D eigenvalue weighted by molar-refractivity contribution is 0.0930. The Balaban J connectivity index is 1.99. The smallest absolute Gasteiger partial charge is 0.251 e. The Morgan fingerprint density at radius 3 is 2.48 bits per heavy atom. The number of carbonyl (C=O) groups is 1. The standard InChI is InChI=1S/C19H22FNO2/c1-13(2)14(3)21-19(22)16-5-4-6-18(11-16)23-12-15-7-9-17(20)10-8-15/h4-11,13-14H,12H2,1-3H3,(H,21,22)/t14-/m0/s1. The monoisotopic (exact) mass is 315 g/mol. The van der Waals surface area contributed by atoms with E-state index in [0.717, 1.165) is 5.56 Å². The molecule has 0 aromatic heterocycles. The number of benzene rings is 2. The third-order valence-electron chi connectivity index (χ3n) is 3.77. The van der Waals surface area contributed by atoms with Crippen LogP contribution in [-0.2, 0) is 6.61 Å². The summed E-state index contributed by atoms with van der Waals surface area (Å²) in [5.74, 6) is 0.598. The molecule has 0 fully saturated rings. The minimum absolute atomic E-state index is 0.103. The van der Waals surface area contributed by atoms with Crippen LogP contribution in [0.3, 0.4) is 0 Å². The lowest BCUT2D eigenvalue weighted by atomic mass is 10.1. The molecule has 0 aliphatic heterocycles. The van der Waals surface area contributed by atoms with Gasteiger partial charge in [0.2, 0.25) is 0 Å². The summed E-state index contributed by atoms with van der Waals surface area (Å²) in [6.45, 7) is 6.44. The van der Waals surface area contributed by atoms with Crippen LogP contribution in [0.2, 0.25) is 0 Å². The van der Waals surface area contributed by atoms with Crippen molar-refractivity contribution in [3.8, 4) is 5.75 Å². The Hall–Kier alpha value is -2.36. The zero-order valence-electron chi connectivity index (χ0n) is 13.7. The van der Waals surface area contributed by atoms with Crippen LogP contribution in [0, 0.1) is 11.7 Å². The van der Waals surface area contributed by atoms with Crippen molar-refractivity contribution in [2.45, 2.75) is 33.4 Å². The fraction of sp³-hybridized carbons (Fsp3) is 0.316. The number of carbonyl (C=O) groups excluding carboxylic acids is 1. The van der Waals surface area contributed by atoms with E-state index < -0.39 is 0 Å². The van der Waals surface area contributed by atoms with Crippen molar-refractivity contribution in [2.24, 2.45) is 5.92 Å². The Morgan fingerprint density at radius 1 is 1.13 bits per heavy atom. The number of hydrogen-bond donors (Lipinski definition) is 1. The maximum absolute atomic E-state index is 12.9. The van der Waals surface area contributed by atoms with Gasteiger partial charge >= 0.3 is 0 Å². The summed E-state index contributed by atoms with van der Waals surface area (Å²) in [5.41, 5.74) is 1.43. The maximum atomic E-state index is 12.9. The summed E-state index contributed by atoms with van der Waals surface area (Å²) < 4.78 is 18.5. The predicted molar refractivity (Wildman–Crippen MR) is 88.9 cm³/mol. The number of nitrogens with one attached hydrogen (secondary N) is 1. The quantitative estimate of drug-likeness (QED) is 0.868. The van der Waals surface area contributed by atoms with E-state index in [9.17, 15) is 9.18 Å². The first-order valence-corrected chi connectivity index (χ1v) is 7.74. The lowest BCUT2D eigenvalue weighted by Gasteiger charge is -2.17. The van der Waals surface area contributed by atoms with E-state index in [0.29, 0.717) is 23.8 Å². The van der Waals surface area contributed by atoms with Crippen LogP contribution in [0.1, 0.15) is 36.7 Å². The minimum atomic E-state index is -0.272. The van der Waals surface area contributed by atoms with E-state index in [1.165, 1.54) is 12.1 Å². The van der Waals surface area contributed by atoms with Gasteiger partial charge in [0.1, 0.15) is 18.2 Å². The van der Waals surface area contributed by atoms with Gasteiger partial charge in [-0.3, -0.25) is 4.79 Å². The Morgan fingerprint density at radius 2 is 1.83 bits per heavy atom. The zero-order valence-corrected chi connectivity index (χ0v) is 13.7. The average Bonchev–Trinajstić information content (AvgIpc) is 2.54. The Labute approximate surface area is 136 Å². The van der Waals surface area contributed by atoms with E-state index in [1.54, 1.807) is 36.4 Å². The third kappa shape index (κ3) is 5.09. The Kier molecular flexibility index (Phi) is 5.74. The van der Waals surface area contributed by atoms with Crippen LogP contribution < -0.4 is 10.1 Å². The topological polar surface area (TPSA) is 38.3 Å². The molecule has 2 rings (SSSR count). The fourth-order valence-electron chi connectivity index (χ4n) is 1.93. The normalized spacial score (nSPS) is 12.0. The van der Waals surface area contributed by atoms with Gasteiger partial charge in [-0.15, -0.1) is 0 Å². The van der Waals surface area contributed by atoms with Gasteiger partial charge < -0.3 is 10.1 Å². The molecule has 122 valence electrons. The van der Waals surface area contributed by atoms with Crippen LogP contribution in [0.4, 0.5) is 4.39 Å². The molecule has 0 spiro atoms. The van der Waals surface area contributed by atoms with E-state index in [1.807, 2.05) is 6.92 Å². The first kappa shape index (κ1) is 17.0. The van der Waals surface area contributed by atoms with Crippen LogP contribution >= 0.6 is 0 Å². The number of halogens is 1. The highest BCUT2D eigenvalue weighted by Gasteiger charge is 2.13. The van der Waals surface area contributed by atoms with Gasteiger partial charge in [0.05, 0.1) is 0 Å². The third-order valence-corrected chi connectivity index (χ3v) is 3.77. The van der Waals surface area contributed by atoms with Crippen molar-refractivity contribution >= 4 is 5.91 Å². The molecule has 0 bridgehead atoms. The summed E-state index contributed by atoms with van der Waals surface area (Å²) in [5, 5.41) is 2.97. The SMILES string of the molecule is CC(C)[C@H](C)NC(=O)c1cccc(OCc2ccc(F)cc2)c1. The molecule has 2 aromatic rings. The molecular formula is C19H22FNO2. The highest BCUT2D eigenvalue weighted by molar-refractivity contribution is 5.94. The van der Waals surface area contributed by atoms with Crippen LogP contribution in [-0.4, -0.2) is 11.9 Å². The number of hydrogen-bond acceptors (Lipinski definition) is 2. The van der Waals surface area contributed by atoms with Crippen molar-refractivity contribution in [1.82, 2.24) is 5.32 Å². The second-order valence-corrected chi connectivity index (χ2v) is 5.95.